The van der Waals surface area contributed by atoms with Gasteiger partial charge in [-0.2, -0.15) is 0 Å². The molecule has 0 radical (unpaired) electrons. The third-order valence-corrected chi connectivity index (χ3v) is 4.45. The minimum atomic E-state index is -0.363. The Morgan fingerprint density at radius 2 is 1.67 bits per heavy atom. The number of nitrogens with one attached hydrogen (secondary N) is 1. The SMILES string of the molecule is O=C(NC1CCN(C(=O)COc2ccccc2)CC1)c1cc(O)cc(O)c1. The number of likely N-dealkylation sites (tertiary alicyclic amines) is 1. The van der Waals surface area contributed by atoms with Gasteiger partial charge in [0.05, 0.1) is 0 Å². The maximum absolute atomic E-state index is 12.3. The summed E-state index contributed by atoms with van der Waals surface area (Å²) in [4.78, 5) is 26.2. The Morgan fingerprint density at radius 3 is 2.30 bits per heavy atom. The molecular weight excluding hydrogens is 348 g/mol. The molecule has 2 amide bonds. The van der Waals surface area contributed by atoms with Crippen molar-refractivity contribution < 1.29 is 24.5 Å². The quantitative estimate of drug-likeness (QED) is 0.747. The average Bonchev–Trinajstić information content (AvgIpc) is 2.66. The second kappa shape index (κ2) is 8.44. The number of phenols is 2. The molecule has 0 saturated carbocycles. The van der Waals surface area contributed by atoms with Crippen LogP contribution in [-0.4, -0.2) is 52.7 Å². The number of carbonyl (C=O) groups is 2. The van der Waals surface area contributed by atoms with E-state index in [2.05, 4.69) is 5.32 Å². The summed E-state index contributed by atoms with van der Waals surface area (Å²) < 4.78 is 5.48. The molecule has 0 aromatic heterocycles. The van der Waals surface area contributed by atoms with E-state index < -0.39 is 0 Å². The number of para-hydroxylation sites is 1. The van der Waals surface area contributed by atoms with Gasteiger partial charge in [0, 0.05) is 30.8 Å². The summed E-state index contributed by atoms with van der Waals surface area (Å²) in [6.45, 7) is 1.06. The summed E-state index contributed by atoms with van der Waals surface area (Å²) >= 11 is 0. The Hall–Kier alpha value is -3.22. The van der Waals surface area contributed by atoms with Crippen LogP contribution in [0.5, 0.6) is 17.2 Å². The fraction of sp³-hybridized carbons (Fsp3) is 0.300. The molecule has 1 heterocycles. The second-order valence-electron chi connectivity index (χ2n) is 6.47. The predicted molar refractivity (Wildman–Crippen MR) is 98.8 cm³/mol. The van der Waals surface area contributed by atoms with E-state index in [1.54, 1.807) is 17.0 Å². The molecule has 1 fully saturated rings. The number of benzene rings is 2. The van der Waals surface area contributed by atoms with Crippen LogP contribution in [0.1, 0.15) is 23.2 Å². The zero-order chi connectivity index (χ0) is 19.2. The van der Waals surface area contributed by atoms with Crippen LogP contribution in [0.4, 0.5) is 0 Å². The van der Waals surface area contributed by atoms with E-state index in [0.29, 0.717) is 31.7 Å². The molecule has 3 rings (SSSR count). The number of carbonyl (C=O) groups excluding carboxylic acids is 2. The normalized spacial score (nSPS) is 14.6. The van der Waals surface area contributed by atoms with Crippen LogP contribution in [0.25, 0.3) is 0 Å². The van der Waals surface area contributed by atoms with Crippen molar-refractivity contribution in [3.8, 4) is 17.2 Å². The molecule has 1 aliphatic rings. The van der Waals surface area contributed by atoms with Crippen molar-refractivity contribution in [2.45, 2.75) is 18.9 Å². The van der Waals surface area contributed by atoms with Crippen LogP contribution in [0.15, 0.2) is 48.5 Å². The number of nitrogens with zero attached hydrogens (tertiary/aromatic N) is 1. The minimum Gasteiger partial charge on any atom is -0.508 e. The van der Waals surface area contributed by atoms with Crippen LogP contribution >= 0.6 is 0 Å². The molecule has 0 bridgehead atoms. The molecule has 1 aliphatic heterocycles. The smallest absolute Gasteiger partial charge is 0.260 e. The van der Waals surface area contributed by atoms with E-state index in [1.165, 1.54) is 18.2 Å². The average molecular weight is 370 g/mol. The Morgan fingerprint density at radius 1 is 1.04 bits per heavy atom. The summed E-state index contributed by atoms with van der Waals surface area (Å²) in [5.74, 6) is -0.125. The lowest BCUT2D eigenvalue weighted by atomic mass is 10.0. The Balaban J connectivity index is 1.45. The standard InChI is InChI=1S/C20H22N2O5/c23-16-10-14(11-17(24)12-16)20(26)21-15-6-8-22(9-7-15)19(25)13-27-18-4-2-1-3-5-18/h1-5,10-12,15,23-24H,6-9,13H2,(H,21,26). The monoisotopic (exact) mass is 370 g/mol. The molecule has 2 aromatic carbocycles. The highest BCUT2D eigenvalue weighted by atomic mass is 16.5. The summed E-state index contributed by atoms with van der Waals surface area (Å²) in [5.41, 5.74) is 0.197. The molecule has 0 unspecified atom stereocenters. The molecule has 0 aliphatic carbocycles. The summed E-state index contributed by atoms with van der Waals surface area (Å²) in [6, 6.07) is 12.9. The van der Waals surface area contributed by atoms with E-state index in [-0.39, 0.29) is 41.5 Å². The van der Waals surface area contributed by atoms with Gasteiger partial charge in [0.1, 0.15) is 17.2 Å². The maximum Gasteiger partial charge on any atom is 0.260 e. The highest BCUT2D eigenvalue weighted by Gasteiger charge is 2.24. The first kappa shape index (κ1) is 18.6. The van der Waals surface area contributed by atoms with E-state index in [1.807, 2.05) is 18.2 Å². The van der Waals surface area contributed by atoms with Crippen molar-refractivity contribution in [2.75, 3.05) is 19.7 Å². The molecule has 142 valence electrons. The zero-order valence-electron chi connectivity index (χ0n) is 14.8. The maximum atomic E-state index is 12.3. The van der Waals surface area contributed by atoms with Crippen molar-refractivity contribution in [3.05, 3.63) is 54.1 Å². The summed E-state index contributed by atoms with van der Waals surface area (Å²) in [6.07, 6.45) is 1.27. The lowest BCUT2D eigenvalue weighted by Gasteiger charge is -2.32. The number of rotatable bonds is 5. The molecule has 3 N–H and O–H groups in total. The Kier molecular flexibility index (Phi) is 5.80. The molecule has 2 aromatic rings. The van der Waals surface area contributed by atoms with E-state index >= 15 is 0 Å². The van der Waals surface area contributed by atoms with Gasteiger partial charge in [-0.3, -0.25) is 9.59 Å². The first-order valence-electron chi connectivity index (χ1n) is 8.81. The highest BCUT2D eigenvalue weighted by molar-refractivity contribution is 5.95. The molecule has 7 nitrogen and oxygen atoms in total. The van der Waals surface area contributed by atoms with Crippen molar-refractivity contribution in [3.63, 3.8) is 0 Å². The number of hydrogen-bond acceptors (Lipinski definition) is 5. The fourth-order valence-electron chi connectivity index (χ4n) is 3.02. The third kappa shape index (κ3) is 5.13. The number of ether oxygens (including phenoxy) is 1. The number of piperidine rings is 1. The van der Waals surface area contributed by atoms with Crippen molar-refractivity contribution in [2.24, 2.45) is 0 Å². The largest absolute Gasteiger partial charge is 0.508 e. The molecule has 0 spiro atoms. The molecule has 0 atom stereocenters. The summed E-state index contributed by atoms with van der Waals surface area (Å²) in [5, 5.41) is 21.8. The third-order valence-electron chi connectivity index (χ3n) is 4.45. The van der Waals surface area contributed by atoms with Gasteiger partial charge in [-0.05, 0) is 37.1 Å². The van der Waals surface area contributed by atoms with Gasteiger partial charge < -0.3 is 25.2 Å². The van der Waals surface area contributed by atoms with Gasteiger partial charge >= 0.3 is 0 Å². The zero-order valence-corrected chi connectivity index (χ0v) is 14.8. The fourth-order valence-corrected chi connectivity index (χ4v) is 3.02. The van der Waals surface area contributed by atoms with Crippen LogP contribution < -0.4 is 10.1 Å². The van der Waals surface area contributed by atoms with Crippen molar-refractivity contribution >= 4 is 11.8 Å². The molecule has 27 heavy (non-hydrogen) atoms. The van der Waals surface area contributed by atoms with Gasteiger partial charge in [-0.25, -0.2) is 0 Å². The topological polar surface area (TPSA) is 99.1 Å². The van der Waals surface area contributed by atoms with Crippen LogP contribution in [0.3, 0.4) is 0 Å². The van der Waals surface area contributed by atoms with Gasteiger partial charge in [0.2, 0.25) is 0 Å². The predicted octanol–water partition coefficient (Wildman–Crippen LogP) is 1.90. The highest BCUT2D eigenvalue weighted by Crippen LogP contribution is 2.21. The first-order chi connectivity index (χ1) is 13.0. The number of hydrogen-bond donors (Lipinski definition) is 3. The number of amides is 2. The number of phenolic OH excluding ortho intramolecular Hbond substituents is 2. The van der Waals surface area contributed by atoms with E-state index in [0.717, 1.165) is 0 Å². The van der Waals surface area contributed by atoms with Crippen LogP contribution in [0, 0.1) is 0 Å². The van der Waals surface area contributed by atoms with Gasteiger partial charge in [-0.15, -0.1) is 0 Å². The van der Waals surface area contributed by atoms with Gasteiger partial charge in [0.15, 0.2) is 6.61 Å². The summed E-state index contributed by atoms with van der Waals surface area (Å²) in [7, 11) is 0. The molecule has 1 saturated heterocycles. The van der Waals surface area contributed by atoms with Crippen molar-refractivity contribution in [1.82, 2.24) is 10.2 Å². The lowest BCUT2D eigenvalue weighted by Crippen LogP contribution is -2.47. The number of aromatic hydroxyl groups is 2. The van der Waals surface area contributed by atoms with Crippen LogP contribution in [0.2, 0.25) is 0 Å². The minimum absolute atomic E-state index is 0.0103. The van der Waals surface area contributed by atoms with E-state index in [4.69, 9.17) is 4.74 Å². The lowest BCUT2D eigenvalue weighted by molar-refractivity contribution is -0.134. The molecular formula is C20H22N2O5. The van der Waals surface area contributed by atoms with Gasteiger partial charge in [0.25, 0.3) is 11.8 Å². The first-order valence-corrected chi connectivity index (χ1v) is 8.81. The van der Waals surface area contributed by atoms with Crippen LogP contribution in [-0.2, 0) is 4.79 Å². The van der Waals surface area contributed by atoms with E-state index in [9.17, 15) is 19.8 Å². The van der Waals surface area contributed by atoms with Gasteiger partial charge in [-0.1, -0.05) is 18.2 Å². The second-order valence-corrected chi connectivity index (χ2v) is 6.47. The Bertz CT molecular complexity index is 781. The van der Waals surface area contributed by atoms with Crippen molar-refractivity contribution in [1.29, 1.82) is 0 Å². The molecule has 7 heteroatoms. The Labute approximate surface area is 157 Å².